The van der Waals surface area contributed by atoms with Gasteiger partial charge < -0.3 is 24.3 Å². The van der Waals surface area contributed by atoms with Crippen molar-refractivity contribution < 1.29 is 32.5 Å². The van der Waals surface area contributed by atoms with Gasteiger partial charge in [-0.3, -0.25) is 9.88 Å². The fourth-order valence-electron chi connectivity index (χ4n) is 4.44. The van der Waals surface area contributed by atoms with Crippen LogP contribution in [0.3, 0.4) is 0 Å². The molecule has 0 atom stereocenters. The van der Waals surface area contributed by atoms with Crippen molar-refractivity contribution in [3.63, 3.8) is 0 Å². The van der Waals surface area contributed by atoms with E-state index in [1.165, 1.54) is 42.6 Å². The van der Waals surface area contributed by atoms with Crippen LogP contribution in [-0.2, 0) is 4.74 Å². The van der Waals surface area contributed by atoms with Crippen LogP contribution in [-0.4, -0.2) is 68.7 Å². The number of benzene rings is 3. The predicted molar refractivity (Wildman–Crippen MR) is 158 cm³/mol. The molecule has 0 spiro atoms. The smallest absolute Gasteiger partial charge is 0.339 e. The Hall–Kier alpha value is -4.81. The monoisotopic (exact) mass is 591 g/mol. The van der Waals surface area contributed by atoms with Gasteiger partial charge in [0.15, 0.2) is 23.1 Å². The van der Waals surface area contributed by atoms with E-state index in [-0.39, 0.29) is 17.3 Å². The highest BCUT2D eigenvalue weighted by Crippen LogP contribution is 2.38. The molecule has 5 rings (SSSR count). The number of urea groups is 1. The van der Waals surface area contributed by atoms with Crippen LogP contribution in [0.2, 0.25) is 0 Å². The first-order chi connectivity index (χ1) is 21.0. The quantitative estimate of drug-likeness (QED) is 0.133. The molecule has 224 valence electrons. The predicted octanol–water partition coefficient (Wildman–Crippen LogP) is 5.57. The molecule has 1 aliphatic heterocycles. The molecule has 0 saturated carbocycles. The van der Waals surface area contributed by atoms with E-state index in [0.717, 1.165) is 45.3 Å². The van der Waals surface area contributed by atoms with Gasteiger partial charge in [0.05, 0.1) is 38.7 Å². The average Bonchev–Trinajstić information content (AvgIpc) is 3.02. The molecule has 1 saturated heterocycles. The van der Waals surface area contributed by atoms with Crippen LogP contribution < -0.4 is 25.0 Å². The van der Waals surface area contributed by atoms with Crippen molar-refractivity contribution in [2.75, 3.05) is 51.9 Å². The van der Waals surface area contributed by atoms with E-state index in [2.05, 4.69) is 25.7 Å². The average molecular weight is 592 g/mol. The number of carbonyl (C=O) groups is 1. The van der Waals surface area contributed by atoms with Crippen molar-refractivity contribution in [3.05, 3.63) is 84.1 Å². The molecule has 0 radical (unpaired) electrons. The van der Waals surface area contributed by atoms with Gasteiger partial charge in [0.25, 0.3) is 0 Å². The van der Waals surface area contributed by atoms with E-state index in [9.17, 15) is 13.6 Å². The summed E-state index contributed by atoms with van der Waals surface area (Å²) in [5.41, 5.74) is 3.65. The lowest BCUT2D eigenvalue weighted by Crippen LogP contribution is -2.37. The molecule has 2 heterocycles. The largest absolute Gasteiger partial charge is 0.493 e. The Balaban J connectivity index is 1.20. The van der Waals surface area contributed by atoms with Crippen LogP contribution in [0, 0.1) is 11.6 Å². The molecule has 3 aromatic carbocycles. The van der Waals surface area contributed by atoms with Crippen molar-refractivity contribution in [3.8, 4) is 23.0 Å². The summed E-state index contributed by atoms with van der Waals surface area (Å²) < 4.78 is 50.8. The molecule has 1 fully saturated rings. The molecule has 12 heteroatoms. The van der Waals surface area contributed by atoms with Crippen molar-refractivity contribution in [2.24, 2.45) is 5.10 Å². The van der Waals surface area contributed by atoms with Crippen molar-refractivity contribution >= 4 is 28.8 Å². The zero-order chi connectivity index (χ0) is 30.0. The van der Waals surface area contributed by atoms with Crippen LogP contribution in [0.25, 0.3) is 10.9 Å². The highest BCUT2D eigenvalue weighted by atomic mass is 19.1. The summed E-state index contributed by atoms with van der Waals surface area (Å²) in [4.78, 5) is 18.9. The lowest BCUT2D eigenvalue weighted by Gasteiger charge is -2.26. The molecule has 1 aromatic heterocycles. The minimum atomic E-state index is -0.690. The van der Waals surface area contributed by atoms with Crippen LogP contribution in [0.5, 0.6) is 23.0 Å². The van der Waals surface area contributed by atoms with E-state index >= 15 is 0 Å². The van der Waals surface area contributed by atoms with Crippen molar-refractivity contribution in [2.45, 2.75) is 6.42 Å². The van der Waals surface area contributed by atoms with Crippen LogP contribution in [0.1, 0.15) is 12.0 Å². The summed E-state index contributed by atoms with van der Waals surface area (Å²) in [6, 6.07) is 14.1. The normalized spacial score (nSPS) is 13.7. The lowest BCUT2D eigenvalue weighted by atomic mass is 10.1. The number of hydrazone groups is 1. The fraction of sp³-hybridized carbons (Fsp3) is 0.258. The third kappa shape index (κ3) is 8.15. The first kappa shape index (κ1) is 29.7. The van der Waals surface area contributed by atoms with Crippen LogP contribution in [0.15, 0.2) is 72.0 Å². The lowest BCUT2D eigenvalue weighted by molar-refractivity contribution is 0.0357. The zero-order valence-corrected chi connectivity index (χ0v) is 23.5. The van der Waals surface area contributed by atoms with Crippen molar-refractivity contribution in [1.82, 2.24) is 15.3 Å². The number of rotatable bonds is 11. The molecule has 1 aliphatic rings. The Labute approximate surface area is 247 Å². The first-order valence-corrected chi connectivity index (χ1v) is 13.7. The van der Waals surface area contributed by atoms with E-state index < -0.39 is 11.8 Å². The number of carbonyl (C=O) groups excluding carboxylic acids is 1. The van der Waals surface area contributed by atoms with Crippen LogP contribution >= 0.6 is 0 Å². The number of morpholine rings is 1. The first-order valence-electron chi connectivity index (χ1n) is 13.7. The Morgan fingerprint density at radius 2 is 1.84 bits per heavy atom. The number of amides is 2. The third-order valence-electron chi connectivity index (χ3n) is 6.63. The molecular formula is C31H31F2N5O5. The maximum absolute atomic E-state index is 15.0. The Kier molecular flexibility index (Phi) is 9.93. The maximum atomic E-state index is 15.0. The number of methoxy groups -OCH3 is 1. The molecule has 2 amide bonds. The van der Waals surface area contributed by atoms with Gasteiger partial charge in [-0.25, -0.2) is 19.0 Å². The second kappa shape index (κ2) is 14.4. The highest BCUT2D eigenvalue weighted by Gasteiger charge is 2.15. The van der Waals surface area contributed by atoms with Crippen LogP contribution in [0.4, 0.5) is 19.3 Å². The molecule has 0 unspecified atom stereocenters. The van der Waals surface area contributed by atoms with Gasteiger partial charge in [-0.15, -0.1) is 0 Å². The summed E-state index contributed by atoms with van der Waals surface area (Å²) in [5.74, 6) is 0.321. The maximum Gasteiger partial charge on any atom is 0.339 e. The summed E-state index contributed by atoms with van der Waals surface area (Å²) in [6.07, 6.45) is 3.77. The van der Waals surface area contributed by atoms with Gasteiger partial charge in [0.1, 0.15) is 11.6 Å². The summed E-state index contributed by atoms with van der Waals surface area (Å²) in [5, 5.41) is 6.90. The number of ether oxygens (including phenoxy) is 4. The number of hydrogen-bond acceptors (Lipinski definition) is 8. The second-order valence-electron chi connectivity index (χ2n) is 9.61. The molecular weight excluding hydrogens is 560 g/mol. The van der Waals surface area contributed by atoms with Gasteiger partial charge in [-0.05, 0) is 48.4 Å². The highest BCUT2D eigenvalue weighted by molar-refractivity contribution is 5.91. The summed E-state index contributed by atoms with van der Waals surface area (Å²) in [6.45, 7) is 4.81. The van der Waals surface area contributed by atoms with Gasteiger partial charge in [0, 0.05) is 49.0 Å². The fourth-order valence-corrected chi connectivity index (χ4v) is 4.44. The second-order valence-corrected chi connectivity index (χ2v) is 9.61. The number of anilines is 1. The standard InChI is InChI=1S/C31H31F2N5O5/c1-40-29-18-24-26(19-30(29)42-14-2-11-38-12-15-41-16-13-38)34-10-9-27(24)43-28-8-7-23(17-25(28)33)36-31(39)37-35-20-21-3-5-22(32)6-4-21/h3-10,17-20H,2,11-16H2,1H3,(H2,36,37,39)/b35-20+. The summed E-state index contributed by atoms with van der Waals surface area (Å²) >= 11 is 0. The minimum Gasteiger partial charge on any atom is -0.493 e. The van der Waals surface area contributed by atoms with E-state index in [0.29, 0.717) is 40.3 Å². The van der Waals surface area contributed by atoms with Gasteiger partial charge >= 0.3 is 6.03 Å². The number of pyridine rings is 1. The zero-order valence-electron chi connectivity index (χ0n) is 23.5. The number of hydrogen-bond donors (Lipinski definition) is 2. The van der Waals surface area contributed by atoms with E-state index in [1.54, 1.807) is 31.5 Å². The Bertz CT molecular complexity index is 1580. The number of fused-ring (bicyclic) bond motifs is 1. The van der Waals surface area contributed by atoms with Gasteiger partial charge in [-0.2, -0.15) is 5.10 Å². The Morgan fingerprint density at radius 3 is 2.60 bits per heavy atom. The van der Waals surface area contributed by atoms with Gasteiger partial charge in [0.2, 0.25) is 0 Å². The number of nitrogens with zero attached hydrogens (tertiary/aromatic N) is 3. The third-order valence-corrected chi connectivity index (χ3v) is 6.63. The number of nitrogens with one attached hydrogen (secondary N) is 2. The SMILES string of the molecule is COc1cc2c(Oc3ccc(NC(=O)N/N=C/c4ccc(F)cc4)cc3F)ccnc2cc1OCCCN1CCOCC1. The van der Waals surface area contributed by atoms with E-state index in [4.69, 9.17) is 18.9 Å². The number of aromatic nitrogens is 1. The van der Waals surface area contributed by atoms with Gasteiger partial charge in [-0.1, -0.05) is 12.1 Å². The molecule has 43 heavy (non-hydrogen) atoms. The summed E-state index contributed by atoms with van der Waals surface area (Å²) in [7, 11) is 1.55. The molecule has 10 nitrogen and oxygen atoms in total. The van der Waals surface area contributed by atoms with Crippen molar-refractivity contribution in [1.29, 1.82) is 0 Å². The Morgan fingerprint density at radius 1 is 1.02 bits per heavy atom. The molecule has 2 N–H and O–H groups in total. The topological polar surface area (TPSA) is 107 Å². The minimum absolute atomic E-state index is 0.0461. The molecule has 0 aliphatic carbocycles. The number of halogens is 2. The molecule has 4 aromatic rings. The molecule has 0 bridgehead atoms. The van der Waals surface area contributed by atoms with E-state index in [1.807, 2.05) is 0 Å².